The van der Waals surface area contributed by atoms with Crippen molar-refractivity contribution in [3.63, 3.8) is 0 Å². The van der Waals surface area contributed by atoms with E-state index in [0.717, 1.165) is 18.4 Å². The maximum atomic E-state index is 12.9. The molecule has 1 amide bonds. The van der Waals surface area contributed by atoms with Crippen LogP contribution in [0.25, 0.3) is 0 Å². The molecule has 1 aliphatic rings. The fourth-order valence-electron chi connectivity index (χ4n) is 3.09. The predicted molar refractivity (Wildman–Crippen MR) is 106 cm³/mol. The van der Waals surface area contributed by atoms with Crippen molar-refractivity contribution in [3.8, 4) is 0 Å². The lowest BCUT2D eigenvalue weighted by atomic mass is 10.1. The number of anilines is 1. The number of para-hydroxylation sites is 1. The first-order valence-corrected chi connectivity index (χ1v) is 10.7. The van der Waals surface area contributed by atoms with E-state index in [1.165, 1.54) is 0 Å². The Morgan fingerprint density at radius 3 is 2.46 bits per heavy atom. The Bertz CT molecular complexity index is 951. The lowest BCUT2D eigenvalue weighted by Crippen LogP contribution is -2.29. The molecule has 3 rings (SSSR count). The maximum Gasteiger partial charge on any atom is 0.263 e. The smallest absolute Gasteiger partial charge is 0.263 e. The SMILES string of the molecule is Cc1ccc(S(=O)(=O)Nc2c(C)cccc2C(=O)N2CCCC2)c(Br)c1. The van der Waals surface area contributed by atoms with Gasteiger partial charge in [-0.05, 0) is 71.9 Å². The molecule has 0 aromatic heterocycles. The van der Waals surface area contributed by atoms with Crippen LogP contribution in [-0.2, 0) is 10.0 Å². The largest absolute Gasteiger partial charge is 0.339 e. The topological polar surface area (TPSA) is 66.5 Å². The Hall–Kier alpha value is -1.86. The van der Waals surface area contributed by atoms with Crippen molar-refractivity contribution in [1.29, 1.82) is 0 Å². The van der Waals surface area contributed by atoms with Crippen LogP contribution in [0.3, 0.4) is 0 Å². The number of hydrogen-bond acceptors (Lipinski definition) is 3. The number of nitrogens with zero attached hydrogens (tertiary/aromatic N) is 1. The second kappa shape index (κ2) is 7.40. The quantitative estimate of drug-likeness (QED) is 0.783. The van der Waals surface area contributed by atoms with Crippen LogP contribution in [0, 0.1) is 13.8 Å². The number of benzene rings is 2. The van der Waals surface area contributed by atoms with Gasteiger partial charge in [0.1, 0.15) is 4.90 Å². The number of carbonyl (C=O) groups excluding carboxylic acids is 1. The average Bonchev–Trinajstić information content (AvgIpc) is 3.10. The minimum atomic E-state index is -3.83. The van der Waals surface area contributed by atoms with Gasteiger partial charge in [0.25, 0.3) is 15.9 Å². The van der Waals surface area contributed by atoms with Crippen LogP contribution in [0.4, 0.5) is 5.69 Å². The van der Waals surface area contributed by atoms with Crippen LogP contribution in [0.1, 0.15) is 34.3 Å². The van der Waals surface area contributed by atoms with Gasteiger partial charge in [0.05, 0.1) is 11.3 Å². The molecule has 0 spiro atoms. The lowest BCUT2D eigenvalue weighted by molar-refractivity contribution is 0.0794. The van der Waals surface area contributed by atoms with E-state index < -0.39 is 10.0 Å². The Morgan fingerprint density at radius 2 is 1.81 bits per heavy atom. The fraction of sp³-hybridized carbons (Fsp3) is 0.316. The van der Waals surface area contributed by atoms with Crippen molar-refractivity contribution in [1.82, 2.24) is 4.90 Å². The highest BCUT2D eigenvalue weighted by Gasteiger charge is 2.26. The van der Waals surface area contributed by atoms with E-state index in [2.05, 4.69) is 20.7 Å². The van der Waals surface area contributed by atoms with Gasteiger partial charge in [0, 0.05) is 17.6 Å². The summed E-state index contributed by atoms with van der Waals surface area (Å²) in [7, 11) is -3.83. The van der Waals surface area contributed by atoms with Gasteiger partial charge < -0.3 is 4.90 Å². The third kappa shape index (κ3) is 3.78. The van der Waals surface area contributed by atoms with Crippen LogP contribution < -0.4 is 4.72 Å². The summed E-state index contributed by atoms with van der Waals surface area (Å²) in [5.41, 5.74) is 2.40. The predicted octanol–water partition coefficient (Wildman–Crippen LogP) is 4.10. The van der Waals surface area contributed by atoms with Gasteiger partial charge in [-0.15, -0.1) is 0 Å². The molecule has 7 heteroatoms. The van der Waals surface area contributed by atoms with Gasteiger partial charge in [-0.3, -0.25) is 9.52 Å². The molecule has 138 valence electrons. The van der Waals surface area contributed by atoms with Crippen LogP contribution in [-0.4, -0.2) is 32.3 Å². The summed E-state index contributed by atoms with van der Waals surface area (Å²) in [5, 5.41) is 0. The maximum absolute atomic E-state index is 12.9. The van der Waals surface area contributed by atoms with Crippen molar-refractivity contribution < 1.29 is 13.2 Å². The van der Waals surface area contributed by atoms with Gasteiger partial charge in [-0.25, -0.2) is 8.42 Å². The van der Waals surface area contributed by atoms with Crippen molar-refractivity contribution in [2.45, 2.75) is 31.6 Å². The molecule has 1 heterocycles. The van der Waals surface area contributed by atoms with Crippen LogP contribution in [0.15, 0.2) is 45.8 Å². The molecule has 0 atom stereocenters. The highest BCUT2D eigenvalue weighted by atomic mass is 79.9. The number of sulfonamides is 1. The van der Waals surface area contributed by atoms with Crippen molar-refractivity contribution in [2.75, 3.05) is 17.8 Å². The van der Waals surface area contributed by atoms with E-state index in [4.69, 9.17) is 0 Å². The van der Waals surface area contributed by atoms with Crippen molar-refractivity contribution in [2.24, 2.45) is 0 Å². The number of amides is 1. The minimum Gasteiger partial charge on any atom is -0.339 e. The first kappa shape index (κ1) is 18.9. The van der Waals surface area contributed by atoms with E-state index in [0.29, 0.717) is 34.4 Å². The molecule has 1 N–H and O–H groups in total. The molecule has 0 unspecified atom stereocenters. The van der Waals surface area contributed by atoms with Crippen molar-refractivity contribution in [3.05, 3.63) is 57.6 Å². The highest BCUT2D eigenvalue weighted by molar-refractivity contribution is 9.10. The Balaban J connectivity index is 2.00. The van der Waals surface area contributed by atoms with Gasteiger partial charge in [-0.1, -0.05) is 18.2 Å². The summed E-state index contributed by atoms with van der Waals surface area (Å²) < 4.78 is 29.0. The monoisotopic (exact) mass is 436 g/mol. The molecule has 1 fully saturated rings. The zero-order chi connectivity index (χ0) is 18.9. The number of hydrogen-bond donors (Lipinski definition) is 1. The molecule has 2 aromatic carbocycles. The third-order valence-corrected chi connectivity index (χ3v) is 6.84. The Morgan fingerprint density at radius 1 is 1.12 bits per heavy atom. The molecule has 0 radical (unpaired) electrons. The first-order valence-electron chi connectivity index (χ1n) is 8.47. The Labute approximate surface area is 162 Å². The van der Waals surface area contributed by atoms with Crippen LogP contribution in [0.2, 0.25) is 0 Å². The highest BCUT2D eigenvalue weighted by Crippen LogP contribution is 2.29. The number of likely N-dealkylation sites (tertiary alicyclic amines) is 1. The first-order chi connectivity index (χ1) is 12.3. The van der Waals surface area contributed by atoms with Crippen LogP contribution in [0.5, 0.6) is 0 Å². The van der Waals surface area contributed by atoms with E-state index in [1.54, 1.807) is 48.2 Å². The number of aryl methyl sites for hydroxylation is 2. The second-order valence-corrected chi connectivity index (χ2v) is 9.04. The summed E-state index contributed by atoms with van der Waals surface area (Å²) in [5.74, 6) is -0.133. The molecule has 0 saturated carbocycles. The fourth-order valence-corrected chi connectivity index (χ4v) is 5.43. The van der Waals surface area contributed by atoms with Gasteiger partial charge in [0.2, 0.25) is 0 Å². The molecule has 26 heavy (non-hydrogen) atoms. The molecule has 5 nitrogen and oxygen atoms in total. The second-order valence-electron chi connectivity index (χ2n) is 6.54. The molecular formula is C19H21BrN2O3S. The van der Waals surface area contributed by atoms with E-state index in [-0.39, 0.29) is 10.8 Å². The summed E-state index contributed by atoms with van der Waals surface area (Å²) in [4.78, 5) is 14.8. The average molecular weight is 437 g/mol. The number of carbonyl (C=O) groups is 1. The zero-order valence-corrected chi connectivity index (χ0v) is 17.2. The molecule has 1 aliphatic heterocycles. The Kier molecular flexibility index (Phi) is 5.39. The number of rotatable bonds is 4. The standard InChI is InChI=1S/C19H21BrN2O3S/c1-13-8-9-17(16(20)12-13)26(24,25)21-18-14(2)6-5-7-15(18)19(23)22-10-3-4-11-22/h5-9,12,21H,3-4,10-11H2,1-2H3. The molecule has 1 saturated heterocycles. The summed E-state index contributed by atoms with van der Waals surface area (Å²) >= 11 is 3.32. The summed E-state index contributed by atoms with van der Waals surface area (Å²) in [6.45, 7) is 5.11. The van der Waals surface area contributed by atoms with Crippen LogP contribution >= 0.6 is 15.9 Å². The number of nitrogens with one attached hydrogen (secondary N) is 1. The molecular weight excluding hydrogens is 416 g/mol. The summed E-state index contributed by atoms with van der Waals surface area (Å²) in [6, 6.07) is 10.3. The van der Waals surface area contributed by atoms with Gasteiger partial charge in [-0.2, -0.15) is 0 Å². The zero-order valence-electron chi connectivity index (χ0n) is 14.8. The third-order valence-electron chi connectivity index (χ3n) is 4.51. The molecule has 2 aromatic rings. The minimum absolute atomic E-state index is 0.133. The van der Waals surface area contributed by atoms with Gasteiger partial charge in [0.15, 0.2) is 0 Å². The number of halogens is 1. The van der Waals surface area contributed by atoms with E-state index >= 15 is 0 Å². The molecule has 0 aliphatic carbocycles. The summed E-state index contributed by atoms with van der Waals surface area (Å²) in [6.07, 6.45) is 1.96. The lowest BCUT2D eigenvalue weighted by Gasteiger charge is -2.20. The van der Waals surface area contributed by atoms with E-state index in [1.807, 2.05) is 6.92 Å². The molecule has 0 bridgehead atoms. The van der Waals surface area contributed by atoms with Crippen molar-refractivity contribution >= 4 is 37.5 Å². The normalized spacial score (nSPS) is 14.5. The van der Waals surface area contributed by atoms with E-state index in [9.17, 15) is 13.2 Å². The van der Waals surface area contributed by atoms with Gasteiger partial charge >= 0.3 is 0 Å².